The number of nitrogens with zero attached hydrogens (tertiary/aromatic N) is 6. The highest BCUT2D eigenvalue weighted by molar-refractivity contribution is 7.22. The van der Waals surface area contributed by atoms with E-state index in [1.165, 1.54) is 16.8 Å². The molecule has 17 heteroatoms. The molecule has 0 aliphatic carbocycles. The van der Waals surface area contributed by atoms with Crippen LogP contribution in [0, 0.1) is 11.6 Å². The highest BCUT2D eigenvalue weighted by Crippen LogP contribution is 2.47. The first-order valence-corrected chi connectivity index (χ1v) is 16.3. The van der Waals surface area contributed by atoms with Crippen LogP contribution in [0.3, 0.4) is 0 Å². The van der Waals surface area contributed by atoms with E-state index in [9.17, 15) is 26.7 Å². The Hall–Kier alpha value is -4.25. The van der Waals surface area contributed by atoms with Crippen LogP contribution in [0.5, 0.6) is 6.01 Å². The fraction of sp³-hybridized carbons (Fsp3) is 0.438. The van der Waals surface area contributed by atoms with E-state index in [1.807, 2.05) is 4.90 Å². The number of carbonyl (C=O) groups excluding carboxylic acids is 1. The molecule has 3 aliphatic heterocycles. The number of amides is 1. The molecule has 3 saturated heterocycles. The molecule has 260 valence electrons. The Bertz CT molecular complexity index is 1990. The van der Waals surface area contributed by atoms with Crippen LogP contribution >= 0.6 is 11.3 Å². The quantitative estimate of drug-likeness (QED) is 0.187. The Morgan fingerprint density at radius 2 is 1.96 bits per heavy atom. The molecule has 2 aromatic heterocycles. The summed E-state index contributed by atoms with van der Waals surface area (Å²) in [5, 5.41) is -0.548. The molecule has 7 rings (SSSR count). The van der Waals surface area contributed by atoms with Crippen molar-refractivity contribution >= 4 is 49.3 Å². The molecule has 0 unspecified atom stereocenters. The average molecular weight is 710 g/mol. The van der Waals surface area contributed by atoms with Crippen molar-refractivity contribution in [3.63, 3.8) is 0 Å². The van der Waals surface area contributed by atoms with Gasteiger partial charge in [-0.05, 0) is 43.7 Å². The van der Waals surface area contributed by atoms with Crippen LogP contribution < -0.4 is 15.4 Å². The smallest absolute Gasteiger partial charge is 0.417 e. The maximum absolute atomic E-state index is 16.9. The fourth-order valence-electron chi connectivity index (χ4n) is 7.43. The summed E-state index contributed by atoms with van der Waals surface area (Å²) in [6, 6.07) is 1.04. The number of aromatic nitrogens is 3. The van der Waals surface area contributed by atoms with Crippen molar-refractivity contribution < 1.29 is 40.3 Å². The highest BCUT2D eigenvalue weighted by Gasteiger charge is 2.49. The number of benzene rings is 2. The Morgan fingerprint density at radius 1 is 1.18 bits per heavy atom. The number of fused-ring (bicyclic) bond motifs is 3. The second-order valence-corrected chi connectivity index (χ2v) is 13.7. The summed E-state index contributed by atoms with van der Waals surface area (Å²) in [7, 11) is 1.37. The molecule has 2 N–H and O–H groups in total. The maximum atomic E-state index is 16.9. The van der Waals surface area contributed by atoms with Gasteiger partial charge in [-0.3, -0.25) is 9.69 Å². The van der Waals surface area contributed by atoms with Gasteiger partial charge in [-0.15, -0.1) is 0 Å². The van der Waals surface area contributed by atoms with E-state index in [2.05, 4.69) is 21.5 Å². The molecule has 49 heavy (non-hydrogen) atoms. The standard InChI is InChI=1S/C32H30F7N7O2S/c1-3-22(47)45-12-20(35)21(13-45)44(2)28-17-9-18(32(37,38)39)23(16-5-6-19(34)27-26(16)41-29(40)49-27)24(36)25(17)42-30(43-28)48-14-31-7-4-8-46(31)11-15(33)10-31/h3,5-6,9,15,20-21H,1,4,7-8,10-14H2,2H3,(H2,40,41)/t15-,20-,21+,31+/m1/s1. The highest BCUT2D eigenvalue weighted by atomic mass is 32.1. The second-order valence-electron chi connectivity index (χ2n) is 12.7. The molecule has 2 aromatic carbocycles. The zero-order valence-corrected chi connectivity index (χ0v) is 26.9. The summed E-state index contributed by atoms with van der Waals surface area (Å²) in [4.78, 5) is 29.3. The van der Waals surface area contributed by atoms with Crippen LogP contribution in [0.25, 0.3) is 32.2 Å². The largest absolute Gasteiger partial charge is 0.461 e. The minimum atomic E-state index is -5.14. The lowest BCUT2D eigenvalue weighted by molar-refractivity contribution is -0.137. The topological polar surface area (TPSA) is 101 Å². The molecule has 0 radical (unpaired) electrons. The summed E-state index contributed by atoms with van der Waals surface area (Å²) >= 11 is 0.698. The van der Waals surface area contributed by atoms with Crippen LogP contribution in [-0.2, 0) is 11.0 Å². The van der Waals surface area contributed by atoms with Gasteiger partial charge in [0.25, 0.3) is 0 Å². The number of hydrogen-bond acceptors (Lipinski definition) is 9. The molecule has 4 atom stereocenters. The lowest BCUT2D eigenvalue weighted by Gasteiger charge is -2.31. The van der Waals surface area contributed by atoms with Crippen molar-refractivity contribution in [1.29, 1.82) is 0 Å². The first-order valence-electron chi connectivity index (χ1n) is 15.5. The maximum Gasteiger partial charge on any atom is 0.417 e. The lowest BCUT2D eigenvalue weighted by Crippen LogP contribution is -2.43. The molecule has 0 saturated carbocycles. The number of hydrogen-bond donors (Lipinski definition) is 1. The molecule has 0 spiro atoms. The van der Waals surface area contributed by atoms with Gasteiger partial charge in [-0.2, -0.15) is 23.1 Å². The van der Waals surface area contributed by atoms with Crippen LogP contribution in [-0.4, -0.2) is 94.4 Å². The van der Waals surface area contributed by atoms with Crippen LogP contribution in [0.15, 0.2) is 30.9 Å². The van der Waals surface area contributed by atoms with Crippen LogP contribution in [0.2, 0.25) is 0 Å². The normalized spacial score (nSPS) is 24.2. The van der Waals surface area contributed by atoms with Gasteiger partial charge >= 0.3 is 12.2 Å². The molecule has 4 aromatic rings. The Balaban J connectivity index is 1.42. The van der Waals surface area contributed by atoms with Gasteiger partial charge in [0.1, 0.15) is 36.1 Å². The van der Waals surface area contributed by atoms with Crippen molar-refractivity contribution in [3.8, 4) is 17.1 Å². The van der Waals surface area contributed by atoms with Gasteiger partial charge in [-0.25, -0.2) is 22.5 Å². The fourth-order valence-corrected chi connectivity index (χ4v) is 8.19. The number of carbonyl (C=O) groups is 1. The number of nitrogen functional groups attached to an aromatic ring is 1. The Kier molecular flexibility index (Phi) is 8.12. The van der Waals surface area contributed by atoms with Gasteiger partial charge in [0.05, 0.1) is 33.9 Å². The first kappa shape index (κ1) is 33.3. The predicted octanol–water partition coefficient (Wildman–Crippen LogP) is 5.91. The number of alkyl halides is 5. The lowest BCUT2D eigenvalue weighted by atomic mass is 9.94. The molecule has 5 heterocycles. The molecule has 3 fully saturated rings. The molecular weight excluding hydrogens is 679 g/mol. The van der Waals surface area contributed by atoms with E-state index in [4.69, 9.17) is 10.5 Å². The molecular formula is C32H30F7N7O2S. The zero-order valence-electron chi connectivity index (χ0n) is 26.0. The third kappa shape index (κ3) is 5.59. The van der Waals surface area contributed by atoms with Crippen LogP contribution in [0.1, 0.15) is 24.8 Å². The minimum Gasteiger partial charge on any atom is -0.461 e. The Morgan fingerprint density at radius 3 is 2.69 bits per heavy atom. The number of ether oxygens (including phenoxy) is 1. The van der Waals surface area contributed by atoms with Crippen molar-refractivity contribution in [2.24, 2.45) is 0 Å². The van der Waals surface area contributed by atoms with Gasteiger partial charge in [0.2, 0.25) is 5.91 Å². The summed E-state index contributed by atoms with van der Waals surface area (Å²) in [5.74, 6) is -3.05. The van der Waals surface area contributed by atoms with Gasteiger partial charge < -0.3 is 20.3 Å². The summed E-state index contributed by atoms with van der Waals surface area (Å²) in [6.07, 6.45) is -5.24. The van der Waals surface area contributed by atoms with E-state index >= 15 is 8.78 Å². The molecule has 3 aliphatic rings. The number of likely N-dealkylation sites (tertiary alicyclic amines) is 1. The number of likely N-dealkylation sites (N-methyl/N-ethyl adjacent to an activating group) is 1. The molecule has 1 amide bonds. The van der Waals surface area contributed by atoms with Gasteiger partial charge in [-0.1, -0.05) is 17.9 Å². The number of halogens is 7. The van der Waals surface area contributed by atoms with Crippen molar-refractivity contribution in [1.82, 2.24) is 24.8 Å². The molecule has 9 nitrogen and oxygen atoms in total. The second kappa shape index (κ2) is 12.0. The van der Waals surface area contributed by atoms with E-state index in [0.717, 1.165) is 24.6 Å². The number of thiazole rings is 1. The average Bonchev–Trinajstić information content (AvgIpc) is 3.81. The van der Waals surface area contributed by atoms with E-state index in [0.29, 0.717) is 30.4 Å². The monoisotopic (exact) mass is 709 g/mol. The van der Waals surface area contributed by atoms with Crippen LogP contribution in [0.4, 0.5) is 41.7 Å². The minimum absolute atomic E-state index is 0.0787. The summed E-state index contributed by atoms with van der Waals surface area (Å²) < 4.78 is 112. The summed E-state index contributed by atoms with van der Waals surface area (Å²) in [5.41, 5.74) is 1.49. The van der Waals surface area contributed by atoms with Gasteiger partial charge in [0, 0.05) is 43.1 Å². The predicted molar refractivity (Wildman–Crippen MR) is 170 cm³/mol. The number of nitrogens with two attached hydrogens (primary N) is 1. The third-order valence-corrected chi connectivity index (χ3v) is 10.6. The van der Waals surface area contributed by atoms with E-state index in [1.54, 1.807) is 0 Å². The van der Waals surface area contributed by atoms with Crippen molar-refractivity contribution in [2.45, 2.75) is 49.4 Å². The van der Waals surface area contributed by atoms with E-state index < -0.39 is 75.7 Å². The van der Waals surface area contributed by atoms with Crippen molar-refractivity contribution in [2.75, 3.05) is 50.5 Å². The molecule has 0 bridgehead atoms. The first-order chi connectivity index (χ1) is 23.2. The van der Waals surface area contributed by atoms with E-state index in [-0.39, 0.29) is 59.4 Å². The van der Waals surface area contributed by atoms with Gasteiger partial charge in [0.15, 0.2) is 10.9 Å². The number of rotatable bonds is 7. The Labute approximate surface area is 279 Å². The zero-order chi connectivity index (χ0) is 35.0. The summed E-state index contributed by atoms with van der Waals surface area (Å²) in [6.45, 7) is 3.75. The SMILES string of the molecule is C=CC(=O)N1C[C@@H](F)[C@@H](N(C)c2nc(OC[C@@]34CCCN3C[C@H](F)C4)nc3c(F)c(-c4ccc(F)c5sc(N)nc45)c(C(F)(F)F)cc23)C1. The number of anilines is 2. The third-order valence-electron chi connectivity index (χ3n) is 9.75. The van der Waals surface area contributed by atoms with Crippen molar-refractivity contribution in [3.05, 3.63) is 48.1 Å².